The molecule has 34 heavy (non-hydrogen) atoms. The molecule has 1 amide bonds. The van der Waals surface area contributed by atoms with Crippen LogP contribution in [0.4, 0.5) is 0 Å². The summed E-state index contributed by atoms with van der Waals surface area (Å²) in [4.78, 5) is 20.1. The Labute approximate surface area is 207 Å². The first-order valence-corrected chi connectivity index (χ1v) is 11.4. The van der Waals surface area contributed by atoms with E-state index in [4.69, 9.17) is 19.2 Å². The largest absolute Gasteiger partial charge is 0.493 e. The first-order valence-electron chi connectivity index (χ1n) is 10.7. The van der Waals surface area contributed by atoms with Gasteiger partial charge in [-0.2, -0.15) is 0 Å². The van der Waals surface area contributed by atoms with Crippen molar-refractivity contribution in [1.82, 2.24) is 9.88 Å². The van der Waals surface area contributed by atoms with Gasteiger partial charge in [-0.3, -0.25) is 4.79 Å². The lowest BCUT2D eigenvalue weighted by molar-refractivity contribution is 0.0786. The summed E-state index contributed by atoms with van der Waals surface area (Å²) in [5, 5.41) is 0.805. The lowest BCUT2D eigenvalue weighted by atomic mass is 10.0. The molecule has 0 saturated carbocycles. The van der Waals surface area contributed by atoms with Gasteiger partial charge in [0.15, 0.2) is 11.5 Å². The standard InChI is InChI=1S/C27H25BrN2O4/c1-30(16-18-11-14-24(32-2)26(34-4)25(18)33-3)27(31)21-15-23(17-9-12-19(28)13-10-17)29-22-8-6-5-7-20(21)22/h5-15H,16H2,1-4H3. The van der Waals surface area contributed by atoms with E-state index >= 15 is 0 Å². The van der Waals surface area contributed by atoms with Crippen LogP contribution in [0.1, 0.15) is 15.9 Å². The molecular weight excluding hydrogens is 496 g/mol. The molecule has 0 aliphatic rings. The number of halogens is 1. The minimum atomic E-state index is -0.117. The second-order valence-electron chi connectivity index (χ2n) is 7.73. The molecule has 0 saturated heterocycles. The lowest BCUT2D eigenvalue weighted by Gasteiger charge is -2.22. The number of ether oxygens (including phenoxy) is 3. The molecular formula is C27H25BrN2O4. The number of fused-ring (bicyclic) bond motifs is 1. The molecule has 1 aromatic heterocycles. The number of amides is 1. The third-order valence-corrected chi connectivity index (χ3v) is 6.16. The third kappa shape index (κ3) is 4.56. The molecule has 0 fully saturated rings. The van der Waals surface area contributed by atoms with Crippen molar-refractivity contribution in [1.29, 1.82) is 0 Å². The second kappa shape index (κ2) is 10.1. The summed E-state index contributed by atoms with van der Waals surface area (Å²) in [7, 11) is 6.48. The van der Waals surface area contributed by atoms with Gasteiger partial charge in [-0.05, 0) is 36.4 Å². The zero-order chi connectivity index (χ0) is 24.2. The van der Waals surface area contributed by atoms with Crippen LogP contribution in [0.15, 0.2) is 71.2 Å². The van der Waals surface area contributed by atoms with Gasteiger partial charge in [0.05, 0.1) is 38.1 Å². The van der Waals surface area contributed by atoms with E-state index in [1.165, 1.54) is 0 Å². The number of hydrogen-bond donors (Lipinski definition) is 0. The lowest BCUT2D eigenvalue weighted by Crippen LogP contribution is -2.27. The summed E-state index contributed by atoms with van der Waals surface area (Å²) in [5.74, 6) is 1.48. The van der Waals surface area contributed by atoms with Crippen molar-refractivity contribution in [3.63, 3.8) is 0 Å². The normalized spacial score (nSPS) is 10.7. The summed E-state index contributed by atoms with van der Waals surface area (Å²) in [5.41, 5.74) is 3.84. The van der Waals surface area contributed by atoms with Gasteiger partial charge in [-0.15, -0.1) is 0 Å². The van der Waals surface area contributed by atoms with Crippen LogP contribution >= 0.6 is 15.9 Å². The molecule has 0 bridgehead atoms. The maximum atomic E-state index is 13.7. The average molecular weight is 521 g/mol. The molecule has 0 spiro atoms. The molecule has 0 aliphatic heterocycles. The molecule has 0 atom stereocenters. The topological polar surface area (TPSA) is 60.9 Å². The van der Waals surface area contributed by atoms with E-state index in [1.54, 1.807) is 33.3 Å². The Kier molecular flexibility index (Phi) is 7.03. The number of aromatic nitrogens is 1. The van der Waals surface area contributed by atoms with Crippen molar-refractivity contribution < 1.29 is 19.0 Å². The van der Waals surface area contributed by atoms with E-state index in [0.717, 1.165) is 32.2 Å². The van der Waals surface area contributed by atoms with E-state index in [-0.39, 0.29) is 5.91 Å². The molecule has 0 N–H and O–H groups in total. The summed E-state index contributed by atoms with van der Waals surface area (Å²) in [6, 6.07) is 21.1. The fourth-order valence-corrected chi connectivity index (χ4v) is 4.21. The van der Waals surface area contributed by atoms with E-state index in [9.17, 15) is 4.79 Å². The summed E-state index contributed by atoms with van der Waals surface area (Å²) in [6.07, 6.45) is 0. The molecule has 0 aliphatic carbocycles. The maximum Gasteiger partial charge on any atom is 0.254 e. The third-order valence-electron chi connectivity index (χ3n) is 5.63. The van der Waals surface area contributed by atoms with Crippen molar-refractivity contribution in [3.05, 3.63) is 82.3 Å². The Morgan fingerprint density at radius 2 is 1.62 bits per heavy atom. The van der Waals surface area contributed by atoms with Gasteiger partial charge in [0.25, 0.3) is 5.91 Å². The van der Waals surface area contributed by atoms with Crippen LogP contribution in [0.2, 0.25) is 0 Å². The highest BCUT2D eigenvalue weighted by Gasteiger charge is 2.21. The van der Waals surface area contributed by atoms with Crippen LogP contribution < -0.4 is 14.2 Å². The van der Waals surface area contributed by atoms with Gasteiger partial charge in [-0.1, -0.05) is 46.3 Å². The van der Waals surface area contributed by atoms with Crippen LogP contribution in [-0.2, 0) is 6.54 Å². The van der Waals surface area contributed by atoms with Crippen LogP contribution in [-0.4, -0.2) is 44.2 Å². The van der Waals surface area contributed by atoms with Crippen molar-refractivity contribution in [2.24, 2.45) is 0 Å². The molecule has 6 nitrogen and oxygen atoms in total. The summed E-state index contributed by atoms with van der Waals surface area (Å²) in [6.45, 7) is 0.326. The minimum Gasteiger partial charge on any atom is -0.493 e. The predicted octanol–water partition coefficient (Wildman–Crippen LogP) is 5.96. The fourth-order valence-electron chi connectivity index (χ4n) is 3.94. The second-order valence-corrected chi connectivity index (χ2v) is 8.65. The first kappa shape index (κ1) is 23.6. The van der Waals surface area contributed by atoms with Crippen molar-refractivity contribution in [2.45, 2.75) is 6.54 Å². The van der Waals surface area contributed by atoms with Crippen LogP contribution in [0.3, 0.4) is 0 Å². The molecule has 4 aromatic rings. The number of para-hydroxylation sites is 1. The molecule has 3 aromatic carbocycles. The molecule has 0 unspecified atom stereocenters. The summed E-state index contributed by atoms with van der Waals surface area (Å²) < 4.78 is 17.4. The number of carbonyl (C=O) groups excluding carboxylic acids is 1. The Bertz CT molecular complexity index is 1340. The Morgan fingerprint density at radius 3 is 2.29 bits per heavy atom. The predicted molar refractivity (Wildman–Crippen MR) is 137 cm³/mol. The number of carbonyl (C=O) groups is 1. The summed E-state index contributed by atoms with van der Waals surface area (Å²) >= 11 is 3.47. The highest BCUT2D eigenvalue weighted by Crippen LogP contribution is 2.40. The highest BCUT2D eigenvalue weighted by atomic mass is 79.9. The molecule has 7 heteroatoms. The Morgan fingerprint density at radius 1 is 0.912 bits per heavy atom. The number of benzene rings is 3. The van der Waals surface area contributed by atoms with Gasteiger partial charge in [0, 0.05) is 34.6 Å². The number of methoxy groups -OCH3 is 3. The number of hydrogen-bond acceptors (Lipinski definition) is 5. The fraction of sp³-hybridized carbons (Fsp3) is 0.185. The first-order chi connectivity index (χ1) is 16.5. The Hall–Kier alpha value is -3.58. The van der Waals surface area contributed by atoms with Gasteiger partial charge in [0.1, 0.15) is 0 Å². The zero-order valence-electron chi connectivity index (χ0n) is 19.5. The maximum absolute atomic E-state index is 13.7. The van der Waals surface area contributed by atoms with Crippen LogP contribution in [0.25, 0.3) is 22.2 Å². The van der Waals surface area contributed by atoms with Crippen LogP contribution in [0.5, 0.6) is 17.2 Å². The average Bonchev–Trinajstić information content (AvgIpc) is 2.87. The molecule has 0 radical (unpaired) electrons. The molecule has 4 rings (SSSR count). The monoisotopic (exact) mass is 520 g/mol. The highest BCUT2D eigenvalue weighted by molar-refractivity contribution is 9.10. The molecule has 174 valence electrons. The SMILES string of the molecule is COc1ccc(CN(C)C(=O)c2cc(-c3ccc(Br)cc3)nc3ccccc23)c(OC)c1OC. The van der Waals surface area contributed by atoms with Gasteiger partial charge >= 0.3 is 0 Å². The quantitative estimate of drug-likeness (QED) is 0.300. The molecule has 1 heterocycles. The van der Waals surface area contributed by atoms with Gasteiger partial charge < -0.3 is 19.1 Å². The number of nitrogens with zero attached hydrogens (tertiary/aromatic N) is 2. The number of rotatable bonds is 7. The van der Waals surface area contributed by atoms with E-state index in [1.807, 2.05) is 66.7 Å². The van der Waals surface area contributed by atoms with Gasteiger partial charge in [-0.25, -0.2) is 4.98 Å². The number of pyridine rings is 1. The van der Waals surface area contributed by atoms with E-state index in [2.05, 4.69) is 15.9 Å². The van der Waals surface area contributed by atoms with E-state index < -0.39 is 0 Å². The van der Waals surface area contributed by atoms with Crippen molar-refractivity contribution in [3.8, 4) is 28.5 Å². The zero-order valence-corrected chi connectivity index (χ0v) is 21.0. The van der Waals surface area contributed by atoms with Crippen molar-refractivity contribution in [2.75, 3.05) is 28.4 Å². The smallest absolute Gasteiger partial charge is 0.254 e. The van der Waals surface area contributed by atoms with E-state index in [0.29, 0.717) is 29.4 Å². The van der Waals surface area contributed by atoms with Crippen molar-refractivity contribution >= 4 is 32.7 Å². The minimum absolute atomic E-state index is 0.117. The van der Waals surface area contributed by atoms with Gasteiger partial charge in [0.2, 0.25) is 5.75 Å². The van der Waals surface area contributed by atoms with Crippen LogP contribution in [0, 0.1) is 0 Å². The Balaban J connectivity index is 1.73.